The maximum atomic E-state index is 12.2. The Labute approximate surface area is 130 Å². The molecule has 0 saturated heterocycles. The predicted octanol–water partition coefficient (Wildman–Crippen LogP) is 2.43. The van der Waals surface area contributed by atoms with E-state index in [1.807, 2.05) is 0 Å². The van der Waals surface area contributed by atoms with Crippen molar-refractivity contribution in [1.29, 1.82) is 5.26 Å². The lowest BCUT2D eigenvalue weighted by Gasteiger charge is -2.11. The molecule has 0 fully saturated rings. The molecule has 0 unspecified atom stereocenters. The van der Waals surface area contributed by atoms with E-state index in [4.69, 9.17) is 15.7 Å². The summed E-state index contributed by atoms with van der Waals surface area (Å²) in [6, 6.07) is 7.26. The van der Waals surface area contributed by atoms with E-state index < -0.39 is 0 Å². The molecule has 2 rings (SSSR count). The number of nitrogen functional groups attached to an aromatic ring is 1. The predicted molar refractivity (Wildman–Crippen MR) is 84.4 cm³/mol. The average molecular weight is 348 g/mol. The van der Waals surface area contributed by atoms with Crippen LogP contribution in [0, 0.1) is 18.3 Å². The Bertz CT molecular complexity index is 791. The number of ether oxygens (including phenoxy) is 1. The lowest BCUT2D eigenvalue weighted by molar-refractivity contribution is 0.413. The van der Waals surface area contributed by atoms with Crippen LogP contribution in [0.25, 0.3) is 0 Å². The molecule has 0 amide bonds. The van der Waals surface area contributed by atoms with E-state index in [0.29, 0.717) is 28.0 Å². The molecular formula is C15H14BrN3O2. The minimum absolute atomic E-state index is 0.148. The molecule has 0 bridgehead atoms. The van der Waals surface area contributed by atoms with Gasteiger partial charge in [-0.25, -0.2) is 0 Å². The Balaban J connectivity index is 2.44. The van der Waals surface area contributed by atoms with Gasteiger partial charge in [-0.2, -0.15) is 5.26 Å². The highest BCUT2D eigenvalue weighted by Crippen LogP contribution is 2.21. The van der Waals surface area contributed by atoms with Gasteiger partial charge < -0.3 is 15.0 Å². The van der Waals surface area contributed by atoms with Crippen LogP contribution in [0.15, 0.2) is 33.7 Å². The first-order chi connectivity index (χ1) is 9.97. The minimum Gasteiger partial charge on any atom is -0.495 e. The summed E-state index contributed by atoms with van der Waals surface area (Å²) in [5.74, 6) is 0.488. The van der Waals surface area contributed by atoms with Crippen molar-refractivity contribution in [3.8, 4) is 11.8 Å². The van der Waals surface area contributed by atoms with Crippen molar-refractivity contribution >= 4 is 21.6 Å². The van der Waals surface area contributed by atoms with E-state index in [1.165, 1.54) is 11.7 Å². The summed E-state index contributed by atoms with van der Waals surface area (Å²) in [5, 5.41) is 8.97. The van der Waals surface area contributed by atoms with E-state index in [2.05, 4.69) is 22.0 Å². The molecule has 0 aliphatic heterocycles. The van der Waals surface area contributed by atoms with Gasteiger partial charge in [0, 0.05) is 6.20 Å². The van der Waals surface area contributed by atoms with Crippen molar-refractivity contribution in [2.45, 2.75) is 13.5 Å². The molecule has 0 spiro atoms. The lowest BCUT2D eigenvalue weighted by Crippen LogP contribution is -2.22. The quantitative estimate of drug-likeness (QED) is 0.924. The zero-order valence-electron chi connectivity index (χ0n) is 11.7. The summed E-state index contributed by atoms with van der Waals surface area (Å²) < 4.78 is 7.15. The third-order valence-electron chi connectivity index (χ3n) is 3.25. The van der Waals surface area contributed by atoms with Crippen LogP contribution >= 0.6 is 15.9 Å². The smallest absolute Gasteiger partial charge is 0.265 e. The first-order valence-electron chi connectivity index (χ1n) is 6.20. The van der Waals surface area contributed by atoms with Crippen LogP contribution in [-0.4, -0.2) is 11.7 Å². The highest BCUT2D eigenvalue weighted by Gasteiger charge is 2.10. The summed E-state index contributed by atoms with van der Waals surface area (Å²) >= 11 is 3.26. The van der Waals surface area contributed by atoms with Crippen LogP contribution in [-0.2, 0) is 6.54 Å². The molecule has 0 aliphatic rings. The Hall–Kier alpha value is -2.26. The fourth-order valence-corrected chi connectivity index (χ4v) is 2.43. The topological polar surface area (TPSA) is 81.0 Å². The van der Waals surface area contributed by atoms with Crippen molar-refractivity contribution in [3.05, 3.63) is 55.9 Å². The highest BCUT2D eigenvalue weighted by atomic mass is 79.9. The molecule has 1 heterocycles. The highest BCUT2D eigenvalue weighted by molar-refractivity contribution is 9.10. The van der Waals surface area contributed by atoms with Crippen molar-refractivity contribution in [1.82, 2.24) is 4.57 Å². The van der Waals surface area contributed by atoms with Gasteiger partial charge in [0.15, 0.2) is 0 Å². The number of methoxy groups -OCH3 is 1. The second kappa shape index (κ2) is 6.02. The number of pyridine rings is 1. The van der Waals surface area contributed by atoms with Crippen LogP contribution in [0.5, 0.6) is 5.75 Å². The third kappa shape index (κ3) is 2.93. The molecule has 108 valence electrons. The van der Waals surface area contributed by atoms with Gasteiger partial charge >= 0.3 is 0 Å². The first kappa shape index (κ1) is 15.1. The molecular weight excluding hydrogens is 334 g/mol. The average Bonchev–Trinajstić information content (AvgIpc) is 2.50. The number of hydrogen-bond donors (Lipinski definition) is 1. The van der Waals surface area contributed by atoms with E-state index in [1.54, 1.807) is 31.3 Å². The molecule has 0 radical (unpaired) electrons. The van der Waals surface area contributed by atoms with Gasteiger partial charge in [0.05, 0.1) is 29.4 Å². The summed E-state index contributed by atoms with van der Waals surface area (Å²) in [6.07, 6.45) is 1.62. The Morgan fingerprint density at radius 3 is 2.81 bits per heavy atom. The fraction of sp³-hybridized carbons (Fsp3) is 0.200. The monoisotopic (exact) mass is 347 g/mol. The zero-order chi connectivity index (χ0) is 15.6. The summed E-state index contributed by atoms with van der Waals surface area (Å²) in [6.45, 7) is 2.14. The zero-order valence-corrected chi connectivity index (χ0v) is 13.3. The Kier molecular flexibility index (Phi) is 4.34. The van der Waals surface area contributed by atoms with Crippen molar-refractivity contribution in [2.24, 2.45) is 0 Å². The van der Waals surface area contributed by atoms with Gasteiger partial charge in [0.2, 0.25) is 0 Å². The van der Waals surface area contributed by atoms with Gasteiger partial charge in [-0.3, -0.25) is 4.79 Å². The summed E-state index contributed by atoms with van der Waals surface area (Å²) in [7, 11) is 1.51. The Morgan fingerprint density at radius 2 is 2.19 bits per heavy atom. The maximum Gasteiger partial charge on any atom is 0.265 e. The third-order valence-corrected chi connectivity index (χ3v) is 4.18. The molecule has 21 heavy (non-hydrogen) atoms. The van der Waals surface area contributed by atoms with Crippen LogP contribution in [0.4, 0.5) is 5.69 Å². The van der Waals surface area contributed by atoms with Crippen molar-refractivity contribution in [3.63, 3.8) is 0 Å². The number of anilines is 1. The van der Waals surface area contributed by atoms with Gasteiger partial charge in [-0.15, -0.1) is 0 Å². The standard InChI is InChI=1S/C15H14BrN3O2/c1-9-12(18)8-19(15(20)14(9)16)7-10-3-4-11(6-17)13(5-10)21-2/h3-5,8H,7,18H2,1-2H3. The van der Waals surface area contributed by atoms with Crippen molar-refractivity contribution in [2.75, 3.05) is 12.8 Å². The molecule has 2 aromatic rings. The molecule has 0 aliphatic carbocycles. The number of halogens is 1. The second-order valence-corrected chi connectivity index (χ2v) is 5.40. The number of nitrogens with zero attached hydrogens (tertiary/aromatic N) is 2. The van der Waals surface area contributed by atoms with Gasteiger partial charge in [0.1, 0.15) is 11.8 Å². The summed E-state index contributed by atoms with van der Waals surface area (Å²) in [5.41, 5.74) is 8.32. The second-order valence-electron chi connectivity index (χ2n) is 4.60. The molecule has 0 saturated carbocycles. The van der Waals surface area contributed by atoms with Crippen LogP contribution < -0.4 is 16.0 Å². The number of rotatable bonds is 3. The molecule has 0 atom stereocenters. The molecule has 1 aromatic carbocycles. The molecule has 1 aromatic heterocycles. The van der Waals surface area contributed by atoms with Crippen molar-refractivity contribution < 1.29 is 4.74 Å². The van der Waals surface area contributed by atoms with Crippen LogP contribution in [0.1, 0.15) is 16.7 Å². The lowest BCUT2D eigenvalue weighted by atomic mass is 10.1. The largest absolute Gasteiger partial charge is 0.495 e. The molecule has 6 heteroatoms. The first-order valence-corrected chi connectivity index (χ1v) is 6.99. The van der Waals surface area contributed by atoms with Gasteiger partial charge in [-0.1, -0.05) is 6.07 Å². The number of nitriles is 1. The maximum absolute atomic E-state index is 12.2. The van der Waals surface area contributed by atoms with Gasteiger partial charge in [0.25, 0.3) is 5.56 Å². The molecule has 2 N–H and O–H groups in total. The summed E-state index contributed by atoms with van der Waals surface area (Å²) in [4.78, 5) is 12.2. The number of benzene rings is 1. The van der Waals surface area contributed by atoms with E-state index in [9.17, 15) is 4.79 Å². The van der Waals surface area contributed by atoms with Crippen LogP contribution in [0.2, 0.25) is 0 Å². The van der Waals surface area contributed by atoms with E-state index in [-0.39, 0.29) is 5.56 Å². The Morgan fingerprint density at radius 1 is 1.48 bits per heavy atom. The van der Waals surface area contributed by atoms with Crippen LogP contribution in [0.3, 0.4) is 0 Å². The number of hydrogen-bond acceptors (Lipinski definition) is 4. The minimum atomic E-state index is -0.148. The number of nitrogens with two attached hydrogens (primary N) is 1. The number of aromatic nitrogens is 1. The van der Waals surface area contributed by atoms with Gasteiger partial charge in [-0.05, 0) is 46.1 Å². The van der Waals surface area contributed by atoms with E-state index in [0.717, 1.165) is 11.1 Å². The van der Waals surface area contributed by atoms with E-state index >= 15 is 0 Å². The SMILES string of the molecule is COc1cc(Cn2cc(N)c(C)c(Br)c2=O)ccc1C#N. The molecule has 5 nitrogen and oxygen atoms in total. The fourth-order valence-electron chi connectivity index (χ4n) is 1.98. The normalized spacial score (nSPS) is 10.2.